The highest BCUT2D eigenvalue weighted by atomic mass is 19.4. The number of hydrogen-bond donors (Lipinski definition) is 1. The van der Waals surface area contributed by atoms with Gasteiger partial charge in [0.25, 0.3) is 0 Å². The van der Waals surface area contributed by atoms with Gasteiger partial charge in [0.15, 0.2) is 0 Å². The van der Waals surface area contributed by atoms with Gasteiger partial charge in [0.05, 0.1) is 11.1 Å². The average molecular weight is 355 g/mol. The maximum atomic E-state index is 13.0. The van der Waals surface area contributed by atoms with Gasteiger partial charge in [-0.15, -0.1) is 0 Å². The number of nitrogens with zero attached hydrogens (tertiary/aromatic N) is 2. The van der Waals surface area contributed by atoms with E-state index in [1.54, 1.807) is 6.07 Å². The fourth-order valence-electron chi connectivity index (χ4n) is 2.54. The highest BCUT2D eigenvalue weighted by Crippen LogP contribution is 2.31. The molecule has 3 rings (SSSR count). The molecule has 3 nitrogen and oxygen atoms in total. The predicted octanol–water partition coefficient (Wildman–Crippen LogP) is 4.89. The van der Waals surface area contributed by atoms with E-state index in [1.165, 1.54) is 18.5 Å². The second-order valence-electron chi connectivity index (χ2n) is 5.83. The molecule has 1 heterocycles. The van der Waals surface area contributed by atoms with E-state index in [2.05, 4.69) is 27.1 Å². The molecule has 1 N–H and O–H groups in total. The number of anilines is 1. The molecule has 2 aromatic carbocycles. The summed E-state index contributed by atoms with van der Waals surface area (Å²) in [5.74, 6) is 6.14. The Balaban J connectivity index is 1.73. The quantitative estimate of drug-likeness (QED) is 0.680. The van der Waals surface area contributed by atoms with Crippen LogP contribution in [0, 0.1) is 11.8 Å². The van der Waals surface area contributed by atoms with Gasteiger partial charge in [0.2, 0.25) is 0 Å². The average Bonchev–Trinajstić information content (AvgIpc) is 2.62. The normalized spacial score (nSPS) is 12.3. The Hall–Kier alpha value is -3.07. The van der Waals surface area contributed by atoms with Crippen LogP contribution in [-0.4, -0.2) is 16.0 Å². The minimum Gasteiger partial charge on any atom is -0.366 e. The van der Waals surface area contributed by atoms with Gasteiger partial charge in [-0.3, -0.25) is 0 Å². The summed E-state index contributed by atoms with van der Waals surface area (Å²) in [5, 5.41) is 4.13. The zero-order valence-electron chi connectivity index (χ0n) is 14.0. The van der Waals surface area contributed by atoms with Gasteiger partial charge in [-0.1, -0.05) is 36.1 Å². The fraction of sp³-hybridized carbons (Fsp3) is 0.200. The summed E-state index contributed by atoms with van der Waals surface area (Å²) in [6, 6.07) is 12.8. The molecule has 132 valence electrons. The lowest BCUT2D eigenvalue weighted by Gasteiger charge is -2.13. The third kappa shape index (κ3) is 4.12. The first-order valence-corrected chi connectivity index (χ1v) is 8.06. The zero-order chi connectivity index (χ0) is 18.6. The molecule has 0 bridgehead atoms. The number of nitrogens with one attached hydrogen (secondary N) is 1. The summed E-state index contributed by atoms with van der Waals surface area (Å²) in [4.78, 5) is 8.44. The van der Waals surface area contributed by atoms with E-state index in [0.717, 1.165) is 17.0 Å². The molecule has 0 aliphatic carbocycles. The fourth-order valence-corrected chi connectivity index (χ4v) is 2.54. The van der Waals surface area contributed by atoms with E-state index in [4.69, 9.17) is 0 Å². The van der Waals surface area contributed by atoms with Crippen LogP contribution in [-0.2, 0) is 6.18 Å². The molecule has 0 aliphatic heterocycles. The van der Waals surface area contributed by atoms with Crippen molar-refractivity contribution >= 4 is 16.7 Å². The van der Waals surface area contributed by atoms with Crippen LogP contribution < -0.4 is 5.32 Å². The summed E-state index contributed by atoms with van der Waals surface area (Å²) in [5.41, 5.74) is 0.0944. The maximum absolute atomic E-state index is 13.0. The smallest absolute Gasteiger partial charge is 0.366 e. The Kier molecular flexibility index (Phi) is 5.08. The largest absolute Gasteiger partial charge is 0.417 e. The molecular formula is C20H16F3N3. The third-order valence-electron chi connectivity index (χ3n) is 3.79. The minimum atomic E-state index is -4.41. The Morgan fingerprint density at radius 2 is 1.77 bits per heavy atom. The molecule has 0 aliphatic rings. The van der Waals surface area contributed by atoms with Crippen molar-refractivity contribution in [1.82, 2.24) is 9.97 Å². The number of alkyl halides is 3. The highest BCUT2D eigenvalue weighted by molar-refractivity contribution is 5.88. The van der Waals surface area contributed by atoms with Gasteiger partial charge in [-0.05, 0) is 31.2 Å². The molecule has 1 unspecified atom stereocenters. The van der Waals surface area contributed by atoms with Crippen LogP contribution in [0.2, 0.25) is 0 Å². The Morgan fingerprint density at radius 1 is 1.04 bits per heavy atom. The number of halogens is 3. The lowest BCUT2D eigenvalue weighted by molar-refractivity contribution is -0.137. The minimum absolute atomic E-state index is 0.0142. The van der Waals surface area contributed by atoms with Gasteiger partial charge < -0.3 is 5.32 Å². The first kappa shape index (κ1) is 17.7. The number of aromatic nitrogens is 2. The van der Waals surface area contributed by atoms with Crippen molar-refractivity contribution in [3.8, 4) is 11.8 Å². The summed E-state index contributed by atoms with van der Waals surface area (Å²) >= 11 is 0. The van der Waals surface area contributed by atoms with Crippen molar-refractivity contribution in [3.63, 3.8) is 0 Å². The third-order valence-corrected chi connectivity index (χ3v) is 3.79. The maximum Gasteiger partial charge on any atom is 0.417 e. The van der Waals surface area contributed by atoms with E-state index in [9.17, 15) is 13.2 Å². The number of para-hydroxylation sites is 1. The molecule has 1 aromatic heterocycles. The van der Waals surface area contributed by atoms with Crippen molar-refractivity contribution in [2.24, 2.45) is 0 Å². The second-order valence-corrected chi connectivity index (χ2v) is 5.83. The Morgan fingerprint density at radius 3 is 2.58 bits per heavy atom. The van der Waals surface area contributed by atoms with E-state index in [0.29, 0.717) is 12.2 Å². The van der Waals surface area contributed by atoms with Crippen LogP contribution in [0.25, 0.3) is 10.9 Å². The molecule has 0 saturated carbocycles. The van der Waals surface area contributed by atoms with E-state index in [-0.39, 0.29) is 11.6 Å². The van der Waals surface area contributed by atoms with Gasteiger partial charge >= 0.3 is 6.18 Å². The van der Waals surface area contributed by atoms with Crippen molar-refractivity contribution in [2.45, 2.75) is 25.6 Å². The van der Waals surface area contributed by atoms with Crippen molar-refractivity contribution in [2.75, 3.05) is 5.32 Å². The zero-order valence-corrected chi connectivity index (χ0v) is 14.0. The standard InChI is InChI=1S/C20H16F3N3/c1-14(26-19-16-10-3-5-12-18(16)24-13-25-19)7-6-9-15-8-2-4-11-17(15)20(21,22)23/h2-5,8,10-14H,7H2,1H3,(H,24,25,26). The summed E-state index contributed by atoms with van der Waals surface area (Å²) in [6.07, 6.45) is -2.55. The Bertz CT molecular complexity index is 966. The monoisotopic (exact) mass is 355 g/mol. The van der Waals surface area contributed by atoms with Crippen molar-refractivity contribution in [3.05, 3.63) is 66.0 Å². The number of rotatable bonds is 3. The van der Waals surface area contributed by atoms with Gasteiger partial charge in [0, 0.05) is 23.4 Å². The molecule has 0 radical (unpaired) electrons. The van der Waals surface area contributed by atoms with Crippen molar-refractivity contribution < 1.29 is 13.2 Å². The predicted molar refractivity (Wildman–Crippen MR) is 95.6 cm³/mol. The Labute approximate surface area is 149 Å². The van der Waals surface area contributed by atoms with E-state index in [1.807, 2.05) is 31.2 Å². The van der Waals surface area contributed by atoms with Crippen LogP contribution in [0.3, 0.4) is 0 Å². The summed E-state index contributed by atoms with van der Waals surface area (Å²) in [6.45, 7) is 1.90. The van der Waals surface area contributed by atoms with E-state index < -0.39 is 11.7 Å². The highest BCUT2D eigenvalue weighted by Gasteiger charge is 2.32. The number of hydrogen-bond acceptors (Lipinski definition) is 3. The van der Waals surface area contributed by atoms with Gasteiger partial charge in [-0.25, -0.2) is 9.97 Å². The summed E-state index contributed by atoms with van der Waals surface area (Å²) in [7, 11) is 0. The molecule has 0 spiro atoms. The molecule has 1 atom stereocenters. The van der Waals surface area contributed by atoms with Crippen LogP contribution in [0.4, 0.5) is 19.0 Å². The van der Waals surface area contributed by atoms with Crippen LogP contribution >= 0.6 is 0 Å². The number of benzene rings is 2. The van der Waals surface area contributed by atoms with Crippen LogP contribution in [0.1, 0.15) is 24.5 Å². The first-order chi connectivity index (χ1) is 12.4. The molecular weight excluding hydrogens is 339 g/mol. The van der Waals surface area contributed by atoms with Crippen molar-refractivity contribution in [1.29, 1.82) is 0 Å². The molecule has 3 aromatic rings. The molecule has 6 heteroatoms. The lowest BCUT2D eigenvalue weighted by Crippen LogP contribution is -2.15. The van der Waals surface area contributed by atoms with E-state index >= 15 is 0 Å². The lowest BCUT2D eigenvalue weighted by atomic mass is 10.1. The second kappa shape index (κ2) is 7.44. The topological polar surface area (TPSA) is 37.8 Å². The molecule has 0 fully saturated rings. The van der Waals surface area contributed by atoms with Gasteiger partial charge in [-0.2, -0.15) is 13.2 Å². The van der Waals surface area contributed by atoms with Crippen LogP contribution in [0.5, 0.6) is 0 Å². The SMILES string of the molecule is CC(CC#Cc1ccccc1C(F)(F)F)Nc1ncnc2ccccc12. The molecule has 0 amide bonds. The van der Waals surface area contributed by atoms with Crippen LogP contribution in [0.15, 0.2) is 54.9 Å². The summed E-state index contributed by atoms with van der Waals surface area (Å²) < 4.78 is 38.9. The van der Waals surface area contributed by atoms with Gasteiger partial charge in [0.1, 0.15) is 12.1 Å². The first-order valence-electron chi connectivity index (χ1n) is 8.06. The molecule has 26 heavy (non-hydrogen) atoms. The number of fused-ring (bicyclic) bond motifs is 1. The molecule has 0 saturated heterocycles.